The number of nitrogens with one attached hydrogen (secondary N) is 4. The van der Waals surface area contributed by atoms with E-state index >= 15 is 0 Å². The lowest BCUT2D eigenvalue weighted by Gasteiger charge is -2.13. The fourth-order valence-corrected chi connectivity index (χ4v) is 10.2. The molecule has 0 saturated carbocycles. The van der Waals surface area contributed by atoms with Crippen LogP contribution in [0.1, 0.15) is 39.6 Å². The fraction of sp³-hybridized carbons (Fsp3) is 0.108. The van der Waals surface area contributed by atoms with E-state index < -0.39 is 0 Å². The van der Waals surface area contributed by atoms with Gasteiger partial charge in [-0.15, -0.1) is 0 Å². The number of para-hydroxylation sites is 4. The molecular weight excluding hydrogens is 1080 g/mol. The van der Waals surface area contributed by atoms with E-state index in [2.05, 4.69) is 92.5 Å². The fourth-order valence-electron chi connectivity index (χ4n) is 10.2. The average Bonchev–Trinajstić information content (AvgIpc) is 1.78. The van der Waals surface area contributed by atoms with Gasteiger partial charge in [-0.25, -0.2) is 74.2 Å². The number of nitrogens with zero attached hydrogens (tertiary/aromatic N) is 15. The molecule has 15 aromatic rings. The Bertz CT molecular complexity index is 4980. The summed E-state index contributed by atoms with van der Waals surface area (Å²) in [5, 5.41) is 6.66. The number of pyridine rings is 1. The molecule has 9 heterocycles. The van der Waals surface area contributed by atoms with Gasteiger partial charge in [0.25, 0.3) is 0 Å². The summed E-state index contributed by atoms with van der Waals surface area (Å²) in [4.78, 5) is 70.0. The largest absolute Gasteiger partial charge is 0.382 e. The summed E-state index contributed by atoms with van der Waals surface area (Å²) in [5.41, 5.74) is 25.7. The number of nitrogen functional groups attached to an aromatic ring is 1. The summed E-state index contributed by atoms with van der Waals surface area (Å²) >= 11 is 0. The number of imidazole rings is 3. The van der Waals surface area contributed by atoms with E-state index in [-0.39, 0.29) is 5.82 Å². The summed E-state index contributed by atoms with van der Waals surface area (Å²) in [5.74, 6) is 2.04. The molecule has 0 radical (unpaired) electrons. The predicted molar refractivity (Wildman–Crippen MR) is 333 cm³/mol. The standard InChI is InChI=1S/C22H17FN6.C22H19N7.C21H17N7/c1-13-5-4-8-17-19(13)29-20(14-6-2-3-7-15(14)23)18(28-17)11-25-22-21-16(9-10-24-22)26-12-27-21;1-13-6-3-4-8-15(13)19-17(27-16-9-5-7-14(2)18(16)28-19)10-29-12-26-20-21(23)24-11-25-22(20)29;1-13-25-20(19-21(26-13)24-12-23-19)22-11-17-18(14-7-3-2-4-8-14)28-16-10-6-5-9-15(16)27-17/h2-10,12H,11H2,1H3,(H,24,25)(H,26,27);3-9,11-12H,10H2,1-2H3,(H2,23,24,25);2-10,12H,11H2,1H3,(H2,22,23,24,25,26). The van der Waals surface area contributed by atoms with Gasteiger partial charge in [-0.05, 0) is 86.8 Å². The number of halogens is 1. The van der Waals surface area contributed by atoms with Crippen LogP contribution in [0.5, 0.6) is 0 Å². The second-order valence-electron chi connectivity index (χ2n) is 20.3. The van der Waals surface area contributed by atoms with E-state index in [4.69, 9.17) is 35.6 Å². The smallest absolute Gasteiger partial charge is 0.183 e. The minimum absolute atomic E-state index is 0.330. The van der Waals surface area contributed by atoms with Crippen LogP contribution in [0.4, 0.5) is 21.8 Å². The SMILES string of the molecule is Cc1cccc2nc(CNc3nccc4[nH]cnc34)c(-c3ccccc3F)nc12.Cc1ccccc1-c1nc2c(C)cccc2nc1Cn1cnc2c(N)ncnc21.Cc1nc(NCc2nc3ccccc3nc2-c2ccccc2)c2[nH]cnc2n1. The minimum Gasteiger partial charge on any atom is -0.382 e. The maximum absolute atomic E-state index is 14.6. The van der Waals surface area contributed by atoms with Crippen molar-refractivity contribution in [2.24, 2.45) is 0 Å². The number of aromatic amines is 2. The van der Waals surface area contributed by atoms with Gasteiger partial charge in [-0.1, -0.05) is 103 Å². The van der Waals surface area contributed by atoms with Crippen LogP contribution < -0.4 is 16.4 Å². The highest BCUT2D eigenvalue weighted by molar-refractivity contribution is 5.87. The number of hydrogen-bond acceptors (Lipinski definition) is 17. The van der Waals surface area contributed by atoms with E-state index in [1.165, 1.54) is 12.4 Å². The third-order valence-electron chi connectivity index (χ3n) is 14.5. The van der Waals surface area contributed by atoms with Gasteiger partial charge < -0.3 is 30.9 Å². The monoisotopic (exact) mass is 1130 g/mol. The molecule has 15 rings (SSSR count). The quantitative estimate of drug-likeness (QED) is 0.0805. The zero-order valence-electron chi connectivity index (χ0n) is 47.0. The van der Waals surface area contributed by atoms with Gasteiger partial charge >= 0.3 is 0 Å². The van der Waals surface area contributed by atoms with Crippen LogP contribution in [0.3, 0.4) is 0 Å². The number of rotatable bonds is 11. The van der Waals surface area contributed by atoms with Gasteiger partial charge in [0.05, 0.1) is 111 Å². The van der Waals surface area contributed by atoms with Crippen LogP contribution in [0.15, 0.2) is 177 Å². The summed E-state index contributed by atoms with van der Waals surface area (Å²) in [6, 6.07) is 46.6. The van der Waals surface area contributed by atoms with Gasteiger partial charge in [0.2, 0.25) is 0 Å². The zero-order chi connectivity index (χ0) is 58.7. The van der Waals surface area contributed by atoms with Gasteiger partial charge in [0.1, 0.15) is 34.5 Å². The Hall–Kier alpha value is -11.6. The van der Waals surface area contributed by atoms with Crippen molar-refractivity contribution in [3.63, 3.8) is 0 Å². The van der Waals surface area contributed by atoms with Crippen molar-refractivity contribution in [1.29, 1.82) is 0 Å². The summed E-state index contributed by atoms with van der Waals surface area (Å²) in [6.07, 6.45) is 8.12. The lowest BCUT2D eigenvalue weighted by molar-refractivity contribution is 0.630. The number of anilines is 3. The molecule has 0 fully saturated rings. The molecule has 0 aliphatic carbocycles. The number of hydrogen-bond donors (Lipinski definition) is 5. The highest BCUT2D eigenvalue weighted by Crippen LogP contribution is 2.32. The van der Waals surface area contributed by atoms with Crippen molar-refractivity contribution in [3.8, 4) is 33.8 Å². The lowest BCUT2D eigenvalue weighted by atomic mass is 10.0. The zero-order valence-corrected chi connectivity index (χ0v) is 47.0. The van der Waals surface area contributed by atoms with E-state index in [1.54, 1.807) is 43.4 Å². The van der Waals surface area contributed by atoms with Gasteiger partial charge in [0, 0.05) is 22.9 Å². The molecule has 21 heteroatoms. The number of fused-ring (bicyclic) bond motifs is 6. The minimum atomic E-state index is -0.330. The van der Waals surface area contributed by atoms with Crippen molar-refractivity contribution in [2.75, 3.05) is 16.4 Å². The first kappa shape index (κ1) is 53.7. The molecule has 6 N–H and O–H groups in total. The van der Waals surface area contributed by atoms with Crippen molar-refractivity contribution >= 4 is 83.9 Å². The molecule has 0 amide bonds. The first-order valence-corrected chi connectivity index (χ1v) is 27.6. The molecular formula is C65H53FN20. The van der Waals surface area contributed by atoms with Gasteiger partial charge in [0.15, 0.2) is 28.7 Å². The van der Waals surface area contributed by atoms with Crippen LogP contribution in [-0.2, 0) is 19.6 Å². The Morgan fingerprint density at radius 1 is 0.477 bits per heavy atom. The first-order chi connectivity index (χ1) is 42.1. The Labute approximate surface area is 490 Å². The topological polar surface area (TPSA) is 267 Å². The van der Waals surface area contributed by atoms with Gasteiger partial charge in [-0.2, -0.15) is 0 Å². The Balaban J connectivity index is 0.000000120. The number of H-pyrrole nitrogens is 2. The maximum Gasteiger partial charge on any atom is 0.183 e. The van der Waals surface area contributed by atoms with Crippen LogP contribution >= 0.6 is 0 Å². The normalized spacial score (nSPS) is 11.3. The number of aryl methyl sites for hydroxylation is 4. The molecule has 0 atom stereocenters. The van der Waals surface area contributed by atoms with Crippen molar-refractivity contribution in [3.05, 3.63) is 223 Å². The Morgan fingerprint density at radius 2 is 1.09 bits per heavy atom. The molecule has 0 aliphatic heterocycles. The van der Waals surface area contributed by atoms with E-state index in [0.29, 0.717) is 76.7 Å². The Morgan fingerprint density at radius 3 is 1.85 bits per heavy atom. The molecule has 0 unspecified atom stereocenters. The second-order valence-corrected chi connectivity index (χ2v) is 20.3. The van der Waals surface area contributed by atoms with Crippen molar-refractivity contribution in [2.45, 2.75) is 47.3 Å². The van der Waals surface area contributed by atoms with E-state index in [0.717, 1.165) is 100 Å². The van der Waals surface area contributed by atoms with Gasteiger partial charge in [-0.3, -0.25) is 0 Å². The van der Waals surface area contributed by atoms with E-state index in [1.807, 2.05) is 122 Å². The highest BCUT2D eigenvalue weighted by Gasteiger charge is 2.20. The third kappa shape index (κ3) is 10.9. The summed E-state index contributed by atoms with van der Waals surface area (Å²) in [6.45, 7) is 9.26. The summed E-state index contributed by atoms with van der Waals surface area (Å²) in [7, 11) is 0. The predicted octanol–water partition coefficient (Wildman–Crippen LogP) is 12.2. The first-order valence-electron chi connectivity index (χ1n) is 27.6. The molecule has 420 valence electrons. The van der Waals surface area contributed by atoms with Crippen LogP contribution in [0, 0.1) is 33.5 Å². The van der Waals surface area contributed by atoms with Crippen LogP contribution in [0.2, 0.25) is 0 Å². The molecule has 0 saturated heterocycles. The molecule has 0 bridgehead atoms. The molecule has 20 nitrogen and oxygen atoms in total. The van der Waals surface area contributed by atoms with Crippen LogP contribution in [0.25, 0.3) is 100 Å². The third-order valence-corrected chi connectivity index (χ3v) is 14.5. The lowest BCUT2D eigenvalue weighted by Crippen LogP contribution is -2.08. The molecule has 0 spiro atoms. The van der Waals surface area contributed by atoms with E-state index in [9.17, 15) is 4.39 Å². The number of benzene rings is 6. The molecule has 86 heavy (non-hydrogen) atoms. The summed E-state index contributed by atoms with van der Waals surface area (Å²) < 4.78 is 16.5. The number of aromatic nitrogens is 17. The molecule has 0 aliphatic rings. The average molecular weight is 1130 g/mol. The van der Waals surface area contributed by atoms with Crippen molar-refractivity contribution in [1.82, 2.24) is 84.3 Å². The number of nitrogens with two attached hydrogens (primary N) is 1. The van der Waals surface area contributed by atoms with Crippen LogP contribution in [-0.4, -0.2) is 84.3 Å². The highest BCUT2D eigenvalue weighted by atomic mass is 19.1. The van der Waals surface area contributed by atoms with Crippen molar-refractivity contribution < 1.29 is 4.39 Å². The molecule has 9 aromatic heterocycles. The second kappa shape index (κ2) is 23.3. The molecule has 6 aromatic carbocycles. The maximum atomic E-state index is 14.6. The Kier molecular flexibility index (Phi) is 14.6.